The Hall–Kier alpha value is -1.72. The third-order valence-corrected chi connectivity index (χ3v) is 4.25. The average Bonchev–Trinajstić information content (AvgIpc) is 2.94. The molecule has 2 rings (SSSR count). The van der Waals surface area contributed by atoms with Crippen LogP contribution in [0.2, 0.25) is 0 Å². The van der Waals surface area contributed by atoms with Crippen molar-refractivity contribution in [3.8, 4) is 0 Å². The fraction of sp³-hybridized carbons (Fsp3) is 0.375. The van der Waals surface area contributed by atoms with Crippen LogP contribution >= 0.6 is 11.3 Å². The molecule has 1 aromatic heterocycles. The Labute approximate surface area is 129 Å². The summed E-state index contributed by atoms with van der Waals surface area (Å²) in [5, 5.41) is 3.95. The topological polar surface area (TPSA) is 68.0 Å². The Morgan fingerprint density at radius 2 is 2.19 bits per heavy atom. The van der Waals surface area contributed by atoms with Gasteiger partial charge >= 0.3 is 0 Å². The van der Waals surface area contributed by atoms with E-state index in [4.69, 9.17) is 5.73 Å². The van der Waals surface area contributed by atoms with Gasteiger partial charge in [-0.25, -0.2) is 4.98 Å². The Balaban J connectivity index is 2.03. The number of hydrogen-bond donors (Lipinski definition) is 2. The number of hydrogen-bond acceptors (Lipinski definition) is 5. The van der Waals surface area contributed by atoms with Gasteiger partial charge in [-0.05, 0) is 18.9 Å². The minimum atomic E-state index is 0.0245. The van der Waals surface area contributed by atoms with Gasteiger partial charge in [0.1, 0.15) is 0 Å². The summed E-state index contributed by atoms with van der Waals surface area (Å²) in [5.74, 6) is 0.0245. The maximum absolute atomic E-state index is 12.4. The minimum Gasteiger partial charge on any atom is -0.360 e. The van der Waals surface area contributed by atoms with Crippen LogP contribution in [0.4, 0.5) is 5.13 Å². The quantitative estimate of drug-likeness (QED) is 0.771. The zero-order valence-electron chi connectivity index (χ0n) is 12.4. The second-order valence-electron chi connectivity index (χ2n) is 5.10. The Morgan fingerprint density at radius 1 is 1.43 bits per heavy atom. The summed E-state index contributed by atoms with van der Waals surface area (Å²) in [6.45, 7) is 4.73. The number of benzene rings is 1. The standard InChI is InChI=1S/C16H21N3OS/c1-3-6-12(17)9-18-16-19-10-14(21-16)15(20)13-8-5-4-7-11(13)2/h4-5,7-8,10,12H,3,6,9,17H2,1-2H3,(H,18,19). The van der Waals surface area contributed by atoms with Crippen molar-refractivity contribution >= 4 is 22.3 Å². The van der Waals surface area contributed by atoms with Gasteiger partial charge in [-0.2, -0.15) is 0 Å². The monoisotopic (exact) mass is 303 g/mol. The van der Waals surface area contributed by atoms with Crippen LogP contribution < -0.4 is 11.1 Å². The van der Waals surface area contributed by atoms with E-state index in [0.29, 0.717) is 11.4 Å². The number of ketones is 1. The first-order valence-electron chi connectivity index (χ1n) is 7.17. The zero-order valence-corrected chi connectivity index (χ0v) is 13.2. The number of rotatable bonds is 7. The van der Waals surface area contributed by atoms with Crippen LogP contribution in [0.25, 0.3) is 0 Å². The van der Waals surface area contributed by atoms with E-state index < -0.39 is 0 Å². The molecular weight excluding hydrogens is 282 g/mol. The zero-order chi connectivity index (χ0) is 15.2. The molecule has 1 unspecified atom stereocenters. The van der Waals surface area contributed by atoms with E-state index in [1.807, 2.05) is 31.2 Å². The number of nitrogens with one attached hydrogen (secondary N) is 1. The average molecular weight is 303 g/mol. The van der Waals surface area contributed by atoms with E-state index in [0.717, 1.165) is 29.1 Å². The van der Waals surface area contributed by atoms with Crippen molar-refractivity contribution in [2.75, 3.05) is 11.9 Å². The van der Waals surface area contributed by atoms with Crippen LogP contribution in [0.1, 0.15) is 40.6 Å². The molecule has 112 valence electrons. The lowest BCUT2D eigenvalue weighted by atomic mass is 10.0. The molecule has 2 aromatic rings. The first-order chi connectivity index (χ1) is 10.1. The van der Waals surface area contributed by atoms with Gasteiger partial charge in [0.15, 0.2) is 5.13 Å². The first-order valence-corrected chi connectivity index (χ1v) is 7.99. The van der Waals surface area contributed by atoms with Crippen molar-refractivity contribution < 1.29 is 4.79 Å². The van der Waals surface area contributed by atoms with Gasteiger partial charge in [0, 0.05) is 18.2 Å². The SMILES string of the molecule is CCCC(N)CNc1ncc(C(=O)c2ccccc2C)s1. The van der Waals surface area contributed by atoms with Crippen LogP contribution in [0.5, 0.6) is 0 Å². The molecule has 0 fully saturated rings. The van der Waals surface area contributed by atoms with Crippen molar-refractivity contribution in [2.45, 2.75) is 32.7 Å². The van der Waals surface area contributed by atoms with E-state index in [2.05, 4.69) is 17.2 Å². The van der Waals surface area contributed by atoms with Gasteiger partial charge in [-0.1, -0.05) is 48.9 Å². The fourth-order valence-electron chi connectivity index (χ4n) is 2.11. The number of thiazole rings is 1. The minimum absolute atomic E-state index is 0.0245. The molecule has 21 heavy (non-hydrogen) atoms. The highest BCUT2D eigenvalue weighted by Crippen LogP contribution is 2.22. The number of nitrogens with two attached hydrogens (primary N) is 1. The number of nitrogens with zero attached hydrogens (tertiary/aromatic N) is 1. The van der Waals surface area contributed by atoms with E-state index in [1.54, 1.807) is 6.20 Å². The first kappa shape index (κ1) is 15.7. The van der Waals surface area contributed by atoms with Crippen molar-refractivity contribution in [2.24, 2.45) is 5.73 Å². The Morgan fingerprint density at radius 3 is 2.90 bits per heavy atom. The maximum atomic E-state index is 12.4. The summed E-state index contributed by atoms with van der Waals surface area (Å²) in [7, 11) is 0. The highest BCUT2D eigenvalue weighted by molar-refractivity contribution is 7.17. The summed E-state index contributed by atoms with van der Waals surface area (Å²) in [6.07, 6.45) is 3.68. The van der Waals surface area contributed by atoms with Gasteiger partial charge < -0.3 is 11.1 Å². The van der Waals surface area contributed by atoms with Crippen LogP contribution in [-0.4, -0.2) is 23.4 Å². The Bertz CT molecular complexity index is 609. The number of aryl methyl sites for hydroxylation is 1. The smallest absolute Gasteiger partial charge is 0.204 e. The predicted molar refractivity (Wildman–Crippen MR) is 88.1 cm³/mol. The van der Waals surface area contributed by atoms with Gasteiger partial charge in [0.05, 0.1) is 11.1 Å². The largest absolute Gasteiger partial charge is 0.360 e. The molecule has 0 aliphatic rings. The molecule has 0 aliphatic heterocycles. The molecule has 1 aromatic carbocycles. The molecule has 1 heterocycles. The molecular formula is C16H21N3OS. The van der Waals surface area contributed by atoms with Crippen LogP contribution in [-0.2, 0) is 0 Å². The third kappa shape index (κ3) is 4.12. The molecule has 0 aliphatic carbocycles. The van der Waals surface area contributed by atoms with Crippen LogP contribution in [0.3, 0.4) is 0 Å². The summed E-state index contributed by atoms with van der Waals surface area (Å²) < 4.78 is 0. The van der Waals surface area contributed by atoms with Gasteiger partial charge in [0.2, 0.25) is 5.78 Å². The predicted octanol–water partition coefficient (Wildman–Crippen LogP) is 3.22. The third-order valence-electron chi connectivity index (χ3n) is 3.29. The van der Waals surface area contributed by atoms with Crippen molar-refractivity contribution in [1.29, 1.82) is 0 Å². The number of carbonyl (C=O) groups is 1. The van der Waals surface area contributed by atoms with E-state index in [-0.39, 0.29) is 11.8 Å². The number of anilines is 1. The maximum Gasteiger partial charge on any atom is 0.204 e. The normalized spacial score (nSPS) is 12.1. The van der Waals surface area contributed by atoms with E-state index in [9.17, 15) is 4.79 Å². The number of aromatic nitrogens is 1. The highest BCUT2D eigenvalue weighted by atomic mass is 32.1. The lowest BCUT2D eigenvalue weighted by Gasteiger charge is -2.10. The second kappa shape index (κ2) is 7.33. The van der Waals surface area contributed by atoms with Crippen molar-refractivity contribution in [1.82, 2.24) is 4.98 Å². The molecule has 5 heteroatoms. The van der Waals surface area contributed by atoms with Gasteiger partial charge in [-0.3, -0.25) is 4.79 Å². The fourth-order valence-corrected chi connectivity index (χ4v) is 2.89. The summed E-state index contributed by atoms with van der Waals surface area (Å²) in [5.41, 5.74) is 7.67. The molecule has 0 spiro atoms. The van der Waals surface area contributed by atoms with E-state index >= 15 is 0 Å². The molecule has 0 saturated carbocycles. The lowest BCUT2D eigenvalue weighted by Crippen LogP contribution is -2.28. The van der Waals surface area contributed by atoms with E-state index in [1.165, 1.54) is 11.3 Å². The molecule has 0 amide bonds. The lowest BCUT2D eigenvalue weighted by molar-refractivity contribution is 0.104. The summed E-state index contributed by atoms with van der Waals surface area (Å²) >= 11 is 1.38. The number of carbonyl (C=O) groups excluding carboxylic acids is 1. The molecule has 1 atom stereocenters. The van der Waals surface area contributed by atoms with Crippen LogP contribution in [0, 0.1) is 6.92 Å². The molecule has 0 radical (unpaired) electrons. The van der Waals surface area contributed by atoms with Gasteiger partial charge in [0.25, 0.3) is 0 Å². The second-order valence-corrected chi connectivity index (χ2v) is 6.13. The highest BCUT2D eigenvalue weighted by Gasteiger charge is 2.14. The molecule has 0 saturated heterocycles. The molecule has 3 N–H and O–H groups in total. The van der Waals surface area contributed by atoms with Crippen LogP contribution in [0.15, 0.2) is 30.5 Å². The van der Waals surface area contributed by atoms with Gasteiger partial charge in [-0.15, -0.1) is 0 Å². The van der Waals surface area contributed by atoms with Crippen molar-refractivity contribution in [3.63, 3.8) is 0 Å². The Kier molecular flexibility index (Phi) is 5.47. The molecule has 4 nitrogen and oxygen atoms in total. The van der Waals surface area contributed by atoms with Crippen molar-refractivity contribution in [3.05, 3.63) is 46.5 Å². The molecule has 0 bridgehead atoms. The summed E-state index contributed by atoms with van der Waals surface area (Å²) in [4.78, 5) is 17.3. The summed E-state index contributed by atoms with van der Waals surface area (Å²) in [6, 6.07) is 7.72.